The monoisotopic (exact) mass is 224 g/mol. The van der Waals surface area contributed by atoms with Gasteiger partial charge in [-0.1, -0.05) is 44.1 Å². The van der Waals surface area contributed by atoms with Crippen LogP contribution >= 0.6 is 0 Å². The van der Waals surface area contributed by atoms with E-state index in [0.29, 0.717) is 12.8 Å². The Labute approximate surface area is 94.3 Å². The lowest BCUT2D eigenvalue weighted by Gasteiger charge is -2.32. The van der Waals surface area contributed by atoms with Crippen molar-refractivity contribution in [2.24, 2.45) is 11.3 Å². The number of carboxylic acid groups (broad SMARTS) is 2. The van der Waals surface area contributed by atoms with Crippen LogP contribution in [0.25, 0.3) is 0 Å². The van der Waals surface area contributed by atoms with Crippen LogP contribution in [0.1, 0.15) is 26.2 Å². The topological polar surface area (TPSA) is 74.6 Å². The van der Waals surface area contributed by atoms with Crippen molar-refractivity contribution in [2.75, 3.05) is 0 Å². The first kappa shape index (κ1) is 12.5. The second-order valence-electron chi connectivity index (χ2n) is 4.01. The molecular weight excluding hydrogens is 208 g/mol. The smallest absolute Gasteiger partial charge is 0.314 e. The Morgan fingerprint density at radius 1 is 1.31 bits per heavy atom. The SMILES string of the molecule is CCCCC1(C(=O)O)C=CC=CC1C(=O)O. The fourth-order valence-corrected chi connectivity index (χ4v) is 2.00. The average Bonchev–Trinajstić information content (AvgIpc) is 2.26. The van der Waals surface area contributed by atoms with Gasteiger partial charge in [-0.05, 0) is 6.42 Å². The van der Waals surface area contributed by atoms with Gasteiger partial charge < -0.3 is 10.2 Å². The maximum Gasteiger partial charge on any atom is 0.314 e. The fourth-order valence-electron chi connectivity index (χ4n) is 2.00. The van der Waals surface area contributed by atoms with Gasteiger partial charge in [0.2, 0.25) is 0 Å². The van der Waals surface area contributed by atoms with Crippen LogP contribution in [0.5, 0.6) is 0 Å². The highest BCUT2D eigenvalue weighted by Gasteiger charge is 2.46. The van der Waals surface area contributed by atoms with E-state index in [1.807, 2.05) is 6.92 Å². The standard InChI is InChI=1S/C12H16O4/c1-2-3-7-12(11(15)16)8-5-4-6-9(12)10(13)14/h4-6,8-9H,2-3,7H2,1H3,(H,13,14)(H,15,16). The van der Waals surface area contributed by atoms with Gasteiger partial charge in [0.1, 0.15) is 5.41 Å². The van der Waals surface area contributed by atoms with Gasteiger partial charge in [-0.3, -0.25) is 9.59 Å². The van der Waals surface area contributed by atoms with Crippen LogP contribution in [0.2, 0.25) is 0 Å². The van der Waals surface area contributed by atoms with Gasteiger partial charge in [0, 0.05) is 0 Å². The van der Waals surface area contributed by atoms with Crippen molar-refractivity contribution in [2.45, 2.75) is 26.2 Å². The molecule has 1 aliphatic rings. The molecule has 16 heavy (non-hydrogen) atoms. The van der Waals surface area contributed by atoms with E-state index in [1.165, 1.54) is 12.2 Å². The highest BCUT2D eigenvalue weighted by molar-refractivity contribution is 5.87. The molecule has 0 aliphatic heterocycles. The van der Waals surface area contributed by atoms with Gasteiger partial charge in [0.25, 0.3) is 0 Å². The largest absolute Gasteiger partial charge is 0.481 e. The molecule has 0 fully saturated rings. The summed E-state index contributed by atoms with van der Waals surface area (Å²) in [7, 11) is 0. The molecule has 2 N–H and O–H groups in total. The number of allylic oxidation sites excluding steroid dienone is 2. The minimum atomic E-state index is -1.28. The number of unbranched alkanes of at least 4 members (excludes halogenated alkanes) is 1. The molecule has 0 aromatic carbocycles. The van der Waals surface area contributed by atoms with Crippen LogP contribution in [0.4, 0.5) is 0 Å². The van der Waals surface area contributed by atoms with Crippen LogP contribution in [0.3, 0.4) is 0 Å². The van der Waals surface area contributed by atoms with Crippen LogP contribution in [-0.4, -0.2) is 22.2 Å². The highest BCUT2D eigenvalue weighted by atomic mass is 16.4. The third-order valence-electron chi connectivity index (χ3n) is 2.97. The van der Waals surface area contributed by atoms with E-state index >= 15 is 0 Å². The van der Waals surface area contributed by atoms with Crippen molar-refractivity contribution < 1.29 is 19.8 Å². The number of carboxylic acids is 2. The number of rotatable bonds is 5. The molecule has 1 aliphatic carbocycles. The zero-order valence-corrected chi connectivity index (χ0v) is 9.22. The first-order valence-corrected chi connectivity index (χ1v) is 5.37. The van der Waals surface area contributed by atoms with Gasteiger partial charge in [-0.15, -0.1) is 0 Å². The summed E-state index contributed by atoms with van der Waals surface area (Å²) < 4.78 is 0. The summed E-state index contributed by atoms with van der Waals surface area (Å²) in [5, 5.41) is 18.4. The van der Waals surface area contributed by atoms with Crippen molar-refractivity contribution in [1.29, 1.82) is 0 Å². The van der Waals surface area contributed by atoms with E-state index in [1.54, 1.807) is 12.2 Å². The molecule has 0 radical (unpaired) electrons. The minimum absolute atomic E-state index is 0.358. The van der Waals surface area contributed by atoms with E-state index < -0.39 is 23.3 Å². The molecule has 0 bridgehead atoms. The van der Waals surface area contributed by atoms with Crippen LogP contribution in [0, 0.1) is 11.3 Å². The van der Waals surface area contributed by atoms with E-state index in [0.717, 1.165) is 6.42 Å². The summed E-state index contributed by atoms with van der Waals surface area (Å²) in [4.78, 5) is 22.4. The van der Waals surface area contributed by atoms with Crippen LogP contribution in [-0.2, 0) is 9.59 Å². The Kier molecular flexibility index (Phi) is 3.88. The molecule has 2 unspecified atom stereocenters. The molecule has 0 spiro atoms. The molecule has 0 amide bonds. The summed E-state index contributed by atoms with van der Waals surface area (Å²) in [5.74, 6) is -3.12. The first-order chi connectivity index (χ1) is 7.54. The van der Waals surface area contributed by atoms with E-state index in [-0.39, 0.29) is 0 Å². The van der Waals surface area contributed by atoms with E-state index in [9.17, 15) is 14.7 Å². The zero-order chi connectivity index (χ0) is 12.2. The molecule has 0 heterocycles. The second-order valence-corrected chi connectivity index (χ2v) is 4.01. The lowest BCUT2D eigenvalue weighted by molar-refractivity contribution is -0.157. The van der Waals surface area contributed by atoms with E-state index in [2.05, 4.69) is 0 Å². The van der Waals surface area contributed by atoms with Crippen molar-refractivity contribution in [3.05, 3.63) is 24.3 Å². The Morgan fingerprint density at radius 3 is 2.50 bits per heavy atom. The number of hydrogen-bond acceptors (Lipinski definition) is 2. The average molecular weight is 224 g/mol. The third-order valence-corrected chi connectivity index (χ3v) is 2.97. The number of carbonyl (C=O) groups is 2. The molecular formula is C12H16O4. The normalized spacial score (nSPS) is 27.9. The lowest BCUT2D eigenvalue weighted by atomic mass is 9.69. The second kappa shape index (κ2) is 4.96. The van der Waals surface area contributed by atoms with Gasteiger partial charge in [0.05, 0.1) is 5.92 Å². The van der Waals surface area contributed by atoms with E-state index in [4.69, 9.17) is 5.11 Å². The van der Waals surface area contributed by atoms with Gasteiger partial charge in [-0.2, -0.15) is 0 Å². The van der Waals surface area contributed by atoms with Crippen molar-refractivity contribution in [3.8, 4) is 0 Å². The summed E-state index contributed by atoms with van der Waals surface area (Å²) >= 11 is 0. The van der Waals surface area contributed by atoms with Crippen molar-refractivity contribution in [3.63, 3.8) is 0 Å². The Balaban J connectivity index is 3.05. The zero-order valence-electron chi connectivity index (χ0n) is 9.22. The molecule has 0 aromatic rings. The summed E-state index contributed by atoms with van der Waals surface area (Å²) in [6.45, 7) is 1.95. The quantitative estimate of drug-likeness (QED) is 0.749. The van der Waals surface area contributed by atoms with Crippen molar-refractivity contribution in [1.82, 2.24) is 0 Å². The maximum absolute atomic E-state index is 11.3. The van der Waals surface area contributed by atoms with Crippen molar-refractivity contribution >= 4 is 11.9 Å². The number of hydrogen-bond donors (Lipinski definition) is 2. The predicted molar refractivity (Wildman–Crippen MR) is 59.0 cm³/mol. The lowest BCUT2D eigenvalue weighted by Crippen LogP contribution is -2.41. The summed E-state index contributed by atoms with van der Waals surface area (Å²) in [6, 6.07) is 0. The number of aliphatic carboxylic acids is 2. The van der Waals surface area contributed by atoms with Gasteiger partial charge in [-0.25, -0.2) is 0 Å². The third kappa shape index (κ3) is 2.15. The Bertz CT molecular complexity index is 343. The Hall–Kier alpha value is -1.58. The Morgan fingerprint density at radius 2 is 2.00 bits per heavy atom. The predicted octanol–water partition coefficient (Wildman–Crippen LogP) is 2.07. The molecule has 1 rings (SSSR count). The molecule has 0 saturated carbocycles. The summed E-state index contributed by atoms with van der Waals surface area (Å²) in [6.07, 6.45) is 8.06. The molecule has 2 atom stereocenters. The molecule has 4 heteroatoms. The maximum atomic E-state index is 11.3. The minimum Gasteiger partial charge on any atom is -0.481 e. The highest BCUT2D eigenvalue weighted by Crippen LogP contribution is 2.39. The molecule has 88 valence electrons. The van der Waals surface area contributed by atoms with Crippen LogP contribution in [0.15, 0.2) is 24.3 Å². The first-order valence-electron chi connectivity index (χ1n) is 5.37. The molecule has 0 saturated heterocycles. The fraction of sp³-hybridized carbons (Fsp3) is 0.500. The summed E-state index contributed by atoms with van der Waals surface area (Å²) in [5.41, 5.74) is -1.28. The van der Waals surface area contributed by atoms with Crippen LogP contribution < -0.4 is 0 Å². The molecule has 4 nitrogen and oxygen atoms in total. The molecule has 0 aromatic heterocycles. The van der Waals surface area contributed by atoms with Gasteiger partial charge >= 0.3 is 11.9 Å². The van der Waals surface area contributed by atoms with Gasteiger partial charge in [0.15, 0.2) is 0 Å².